The summed E-state index contributed by atoms with van der Waals surface area (Å²) in [5, 5.41) is 14.2. The third-order valence-corrected chi connectivity index (χ3v) is 7.29. The van der Waals surface area contributed by atoms with E-state index >= 15 is 0 Å². The standard InChI is InChI=1S/C32H40N6O4/c1-21(23-13-17-27(18-14-23)33-31(41)25-9-10-25)35-37-29(39)7-5-3-4-6-8-30(40)38-36-22(2)24-15-19-28(20-16-24)34-32(42)26-11-12-26/h13-20,25-26H,3-12H2,1-2H3,(H,33,41)(H,34,42)(H,37,39)(H,38,40)/b35-21+,36-22+. The number of carbonyl (C=O) groups excluding carboxylic acids is 4. The van der Waals surface area contributed by atoms with Crippen LogP contribution in [-0.4, -0.2) is 35.1 Å². The van der Waals surface area contributed by atoms with Crippen molar-refractivity contribution in [3.8, 4) is 0 Å². The first-order valence-electron chi connectivity index (χ1n) is 14.8. The van der Waals surface area contributed by atoms with Crippen molar-refractivity contribution in [2.75, 3.05) is 10.6 Å². The highest BCUT2D eigenvalue weighted by Crippen LogP contribution is 2.31. The Morgan fingerprint density at radius 3 is 1.29 bits per heavy atom. The first-order chi connectivity index (χ1) is 20.3. The lowest BCUT2D eigenvalue weighted by molar-refractivity contribution is -0.122. The third-order valence-electron chi connectivity index (χ3n) is 7.29. The first-order valence-corrected chi connectivity index (χ1v) is 14.8. The molecule has 10 nitrogen and oxygen atoms in total. The van der Waals surface area contributed by atoms with Gasteiger partial charge >= 0.3 is 0 Å². The van der Waals surface area contributed by atoms with Crippen LogP contribution in [0.4, 0.5) is 11.4 Å². The summed E-state index contributed by atoms with van der Waals surface area (Å²) in [6, 6.07) is 14.8. The molecule has 0 spiro atoms. The molecule has 0 bridgehead atoms. The van der Waals surface area contributed by atoms with E-state index in [1.165, 1.54) is 0 Å². The highest BCUT2D eigenvalue weighted by molar-refractivity contribution is 6.01. The van der Waals surface area contributed by atoms with Crippen LogP contribution >= 0.6 is 0 Å². The number of hydrogen-bond acceptors (Lipinski definition) is 6. The Morgan fingerprint density at radius 1 is 0.595 bits per heavy atom. The lowest BCUT2D eigenvalue weighted by Crippen LogP contribution is -2.19. The molecule has 2 aliphatic carbocycles. The molecular formula is C32H40N6O4. The van der Waals surface area contributed by atoms with Crippen molar-refractivity contribution in [1.29, 1.82) is 0 Å². The summed E-state index contributed by atoms with van der Waals surface area (Å²) in [4.78, 5) is 48.1. The molecule has 2 aromatic carbocycles. The SMILES string of the molecule is C/C(=N\NC(=O)CCCCCCC(=O)N/N=C(\C)c1ccc(NC(=O)C2CC2)cc1)c1ccc(NC(=O)C2CC2)cc1. The number of unbranched alkanes of at least 4 members (excludes halogenated alkanes) is 3. The Hall–Kier alpha value is -4.34. The summed E-state index contributed by atoms with van der Waals surface area (Å²) < 4.78 is 0. The van der Waals surface area contributed by atoms with Gasteiger partial charge in [-0.2, -0.15) is 10.2 Å². The predicted molar refractivity (Wildman–Crippen MR) is 164 cm³/mol. The van der Waals surface area contributed by atoms with Crippen molar-refractivity contribution in [2.24, 2.45) is 22.0 Å². The zero-order valence-corrected chi connectivity index (χ0v) is 24.4. The highest BCUT2D eigenvalue weighted by atomic mass is 16.2. The fourth-order valence-corrected chi connectivity index (χ4v) is 4.23. The predicted octanol–water partition coefficient (Wildman–Crippen LogP) is 5.10. The molecule has 4 amide bonds. The van der Waals surface area contributed by atoms with Gasteiger partial charge in [-0.05, 0) is 87.8 Å². The number of rotatable bonds is 15. The minimum Gasteiger partial charge on any atom is -0.326 e. The van der Waals surface area contributed by atoms with Crippen molar-refractivity contribution < 1.29 is 19.2 Å². The maximum absolute atomic E-state index is 12.2. The molecule has 0 heterocycles. The molecular weight excluding hydrogens is 532 g/mol. The van der Waals surface area contributed by atoms with Crippen LogP contribution in [0.2, 0.25) is 0 Å². The van der Waals surface area contributed by atoms with Crippen molar-refractivity contribution in [3.05, 3.63) is 59.7 Å². The molecule has 2 aliphatic rings. The second-order valence-corrected chi connectivity index (χ2v) is 11.1. The lowest BCUT2D eigenvalue weighted by atomic mass is 10.1. The Bertz CT molecular complexity index is 1220. The van der Waals surface area contributed by atoms with Gasteiger partial charge in [0, 0.05) is 36.1 Å². The van der Waals surface area contributed by atoms with Crippen LogP contribution in [0.15, 0.2) is 58.7 Å². The van der Waals surface area contributed by atoms with Gasteiger partial charge < -0.3 is 10.6 Å². The summed E-state index contributed by atoms with van der Waals surface area (Å²) in [5.41, 5.74) is 9.81. The van der Waals surface area contributed by atoms with Gasteiger partial charge in [-0.15, -0.1) is 0 Å². The van der Waals surface area contributed by atoms with Crippen LogP contribution in [0.5, 0.6) is 0 Å². The molecule has 10 heteroatoms. The van der Waals surface area contributed by atoms with Crippen LogP contribution in [0, 0.1) is 11.8 Å². The molecule has 2 saturated carbocycles. The van der Waals surface area contributed by atoms with E-state index in [4.69, 9.17) is 0 Å². The maximum atomic E-state index is 12.2. The van der Waals surface area contributed by atoms with E-state index in [0.29, 0.717) is 37.1 Å². The fourth-order valence-electron chi connectivity index (χ4n) is 4.23. The van der Waals surface area contributed by atoms with Gasteiger partial charge in [-0.1, -0.05) is 37.1 Å². The van der Waals surface area contributed by atoms with Crippen LogP contribution in [0.3, 0.4) is 0 Å². The normalized spacial score (nSPS) is 15.1. The zero-order chi connectivity index (χ0) is 29.9. The van der Waals surface area contributed by atoms with E-state index in [-0.39, 0.29) is 35.5 Å². The van der Waals surface area contributed by atoms with Gasteiger partial charge in [0.15, 0.2) is 0 Å². The van der Waals surface area contributed by atoms with Crippen LogP contribution in [0.1, 0.15) is 89.2 Å². The van der Waals surface area contributed by atoms with Gasteiger partial charge in [-0.3, -0.25) is 19.2 Å². The average Bonchev–Trinajstić information content (AvgIpc) is 3.90. The Morgan fingerprint density at radius 2 is 0.952 bits per heavy atom. The van der Waals surface area contributed by atoms with Gasteiger partial charge in [0.05, 0.1) is 11.4 Å². The van der Waals surface area contributed by atoms with Crippen molar-refractivity contribution >= 4 is 46.4 Å². The van der Waals surface area contributed by atoms with Crippen LogP contribution in [-0.2, 0) is 19.2 Å². The Labute approximate surface area is 246 Å². The number of hydrazone groups is 2. The maximum Gasteiger partial charge on any atom is 0.240 e. The topological polar surface area (TPSA) is 141 Å². The summed E-state index contributed by atoms with van der Waals surface area (Å²) in [5.74, 6) is 0.147. The van der Waals surface area contributed by atoms with Gasteiger partial charge in [0.1, 0.15) is 0 Å². The number of nitrogens with one attached hydrogen (secondary N) is 4. The molecule has 4 rings (SSSR count). The molecule has 0 radical (unpaired) electrons. The Kier molecular flexibility index (Phi) is 11.0. The summed E-state index contributed by atoms with van der Waals surface area (Å²) in [6.07, 6.45) is 7.68. The molecule has 0 unspecified atom stereocenters. The summed E-state index contributed by atoms with van der Waals surface area (Å²) in [7, 11) is 0. The molecule has 222 valence electrons. The van der Waals surface area contributed by atoms with Gasteiger partial charge in [0.2, 0.25) is 23.6 Å². The van der Waals surface area contributed by atoms with Gasteiger partial charge in [0.25, 0.3) is 0 Å². The number of anilines is 2. The largest absolute Gasteiger partial charge is 0.326 e. The molecule has 0 atom stereocenters. The second-order valence-electron chi connectivity index (χ2n) is 11.1. The molecule has 2 fully saturated rings. The first kappa shape index (κ1) is 30.6. The smallest absolute Gasteiger partial charge is 0.240 e. The van der Waals surface area contributed by atoms with Crippen LogP contribution in [0.25, 0.3) is 0 Å². The summed E-state index contributed by atoms with van der Waals surface area (Å²) >= 11 is 0. The summed E-state index contributed by atoms with van der Waals surface area (Å²) in [6.45, 7) is 3.64. The van der Waals surface area contributed by atoms with Gasteiger partial charge in [-0.25, -0.2) is 10.9 Å². The number of amides is 4. The monoisotopic (exact) mass is 572 g/mol. The van der Waals surface area contributed by atoms with E-state index in [9.17, 15) is 19.2 Å². The molecule has 0 aliphatic heterocycles. The Balaban J connectivity index is 1.05. The average molecular weight is 573 g/mol. The van der Waals surface area contributed by atoms with E-state index in [0.717, 1.165) is 61.0 Å². The van der Waals surface area contributed by atoms with Crippen molar-refractivity contribution in [2.45, 2.75) is 78.1 Å². The second kappa shape index (κ2) is 15.0. The third kappa shape index (κ3) is 10.2. The number of nitrogens with zero attached hydrogens (tertiary/aromatic N) is 2. The van der Waals surface area contributed by atoms with Crippen molar-refractivity contribution in [3.63, 3.8) is 0 Å². The highest BCUT2D eigenvalue weighted by Gasteiger charge is 2.30. The van der Waals surface area contributed by atoms with Crippen molar-refractivity contribution in [1.82, 2.24) is 10.9 Å². The number of carbonyl (C=O) groups is 4. The van der Waals surface area contributed by atoms with E-state index < -0.39 is 0 Å². The van der Waals surface area contributed by atoms with E-state index in [1.54, 1.807) is 0 Å². The number of benzene rings is 2. The molecule has 2 aromatic rings. The van der Waals surface area contributed by atoms with Crippen LogP contribution < -0.4 is 21.5 Å². The minimum absolute atomic E-state index is 0.0685. The molecule has 0 saturated heterocycles. The fraction of sp³-hybridized carbons (Fsp3) is 0.438. The van der Waals surface area contributed by atoms with E-state index in [2.05, 4.69) is 31.7 Å². The molecule has 42 heavy (non-hydrogen) atoms. The zero-order valence-electron chi connectivity index (χ0n) is 24.4. The minimum atomic E-state index is -0.149. The quantitative estimate of drug-likeness (QED) is 0.134. The molecule has 0 aromatic heterocycles. The van der Waals surface area contributed by atoms with E-state index in [1.807, 2.05) is 62.4 Å². The lowest BCUT2D eigenvalue weighted by Gasteiger charge is -2.07. The number of hydrogen-bond donors (Lipinski definition) is 4. The molecule has 4 N–H and O–H groups in total.